The molecule has 126 valence electrons. The topological polar surface area (TPSA) is 29.5 Å². The number of ether oxygens (including phenoxy) is 1. The van der Waals surface area contributed by atoms with Crippen LogP contribution in [0, 0.1) is 5.92 Å². The number of alkyl halides is 3. The molecule has 6 heteroatoms. The third-order valence-electron chi connectivity index (χ3n) is 4.91. The zero-order valence-electron chi connectivity index (χ0n) is 12.8. The highest BCUT2D eigenvalue weighted by molar-refractivity contribution is 5.72. The fourth-order valence-electron chi connectivity index (χ4n) is 3.29. The van der Waals surface area contributed by atoms with Gasteiger partial charge in [-0.25, -0.2) is 0 Å². The summed E-state index contributed by atoms with van der Waals surface area (Å²) >= 11 is 0. The van der Waals surface area contributed by atoms with Gasteiger partial charge in [0.2, 0.25) is 0 Å². The first kappa shape index (κ1) is 16.3. The second kappa shape index (κ2) is 6.15. The van der Waals surface area contributed by atoms with Crippen LogP contribution in [0.1, 0.15) is 31.2 Å². The van der Waals surface area contributed by atoms with E-state index in [0.717, 1.165) is 5.56 Å². The van der Waals surface area contributed by atoms with Crippen molar-refractivity contribution < 1.29 is 22.7 Å². The van der Waals surface area contributed by atoms with Crippen LogP contribution in [-0.2, 0) is 16.1 Å². The third kappa shape index (κ3) is 3.37. The second-order valence-corrected chi connectivity index (χ2v) is 6.38. The third-order valence-corrected chi connectivity index (χ3v) is 4.91. The summed E-state index contributed by atoms with van der Waals surface area (Å²) in [6.07, 6.45) is -2.94. The van der Waals surface area contributed by atoms with E-state index in [-0.39, 0.29) is 31.3 Å². The summed E-state index contributed by atoms with van der Waals surface area (Å²) in [6, 6.07) is 9.36. The molecule has 0 radical (unpaired) electrons. The van der Waals surface area contributed by atoms with Crippen molar-refractivity contribution in [2.24, 2.45) is 5.92 Å². The number of hydrogen-bond donors (Lipinski definition) is 0. The number of nitrogens with zero attached hydrogens (tertiary/aromatic N) is 1. The number of carbonyl (C=O) groups is 1. The molecule has 1 saturated carbocycles. The van der Waals surface area contributed by atoms with Gasteiger partial charge in [-0.3, -0.25) is 9.69 Å². The monoisotopic (exact) mass is 327 g/mol. The molecule has 1 aliphatic heterocycles. The number of rotatable bonds is 4. The Hall–Kier alpha value is -1.56. The molecule has 3 nitrogen and oxygen atoms in total. The predicted molar refractivity (Wildman–Crippen MR) is 78.6 cm³/mol. The van der Waals surface area contributed by atoms with Crippen LogP contribution in [0.15, 0.2) is 30.3 Å². The maximum Gasteiger partial charge on any atom is 0.406 e. The number of hydrogen-bond acceptors (Lipinski definition) is 3. The van der Waals surface area contributed by atoms with E-state index in [1.807, 2.05) is 30.3 Å². The second-order valence-electron chi connectivity index (χ2n) is 6.38. The normalized spacial score (nSPS) is 21.9. The lowest BCUT2D eigenvalue weighted by Gasteiger charge is -2.38. The Kier molecular flexibility index (Phi) is 4.36. The Labute approximate surface area is 133 Å². The zero-order chi connectivity index (χ0) is 16.5. The summed E-state index contributed by atoms with van der Waals surface area (Å²) in [6.45, 7) is 0.835. The molecule has 23 heavy (non-hydrogen) atoms. The molecule has 2 aliphatic rings. The average Bonchev–Trinajstić information content (AvgIpc) is 3.35. The first-order valence-corrected chi connectivity index (χ1v) is 7.95. The maximum atomic E-state index is 13.1. The molecular weight excluding hydrogens is 307 g/mol. The van der Waals surface area contributed by atoms with E-state index >= 15 is 0 Å². The van der Waals surface area contributed by atoms with E-state index in [2.05, 4.69) is 0 Å². The van der Waals surface area contributed by atoms with E-state index in [1.54, 1.807) is 0 Å². The highest BCUT2D eigenvalue weighted by Gasteiger charge is 2.66. The van der Waals surface area contributed by atoms with E-state index in [9.17, 15) is 18.0 Å². The van der Waals surface area contributed by atoms with Crippen LogP contribution in [0.2, 0.25) is 0 Å². The molecular formula is C17H20F3NO2. The van der Waals surface area contributed by atoms with Gasteiger partial charge in [0.15, 0.2) is 0 Å². The van der Waals surface area contributed by atoms with Crippen LogP contribution in [0.3, 0.4) is 0 Å². The highest BCUT2D eigenvalue weighted by Crippen LogP contribution is 2.54. The Morgan fingerprint density at radius 3 is 2.30 bits per heavy atom. The standard InChI is InChI=1S/C17H20F3NO2/c18-17(19,20)16(8-9-16)21-10-6-14(7-11-21)15(22)23-12-13-4-2-1-3-5-13/h1-5,14H,6-12H2. The predicted octanol–water partition coefficient (Wildman–Crippen LogP) is 3.54. The summed E-state index contributed by atoms with van der Waals surface area (Å²) in [5.41, 5.74) is -0.710. The molecule has 0 N–H and O–H groups in total. The number of carbonyl (C=O) groups excluding carboxylic acids is 1. The van der Waals surface area contributed by atoms with Crippen molar-refractivity contribution >= 4 is 5.97 Å². The Morgan fingerprint density at radius 1 is 1.17 bits per heavy atom. The molecule has 1 aromatic rings. The lowest BCUT2D eigenvalue weighted by atomic mass is 9.95. The summed E-state index contributed by atoms with van der Waals surface area (Å²) in [7, 11) is 0. The van der Waals surface area contributed by atoms with Crippen LogP contribution in [0.5, 0.6) is 0 Å². The van der Waals surface area contributed by atoms with Gasteiger partial charge in [-0.05, 0) is 44.3 Å². The van der Waals surface area contributed by atoms with Crippen molar-refractivity contribution in [3.63, 3.8) is 0 Å². The number of likely N-dealkylation sites (tertiary alicyclic amines) is 1. The molecule has 1 heterocycles. The van der Waals surface area contributed by atoms with Gasteiger partial charge < -0.3 is 4.74 Å². The van der Waals surface area contributed by atoms with Crippen LogP contribution in [0.4, 0.5) is 13.2 Å². The quantitative estimate of drug-likeness (QED) is 0.792. The van der Waals surface area contributed by atoms with Crippen molar-refractivity contribution in [1.82, 2.24) is 4.90 Å². The largest absolute Gasteiger partial charge is 0.461 e. The van der Waals surface area contributed by atoms with Crippen molar-refractivity contribution in [2.75, 3.05) is 13.1 Å². The summed E-state index contributed by atoms with van der Waals surface area (Å²) in [4.78, 5) is 13.6. The van der Waals surface area contributed by atoms with E-state index in [0.29, 0.717) is 25.9 Å². The molecule has 1 saturated heterocycles. The van der Waals surface area contributed by atoms with Gasteiger partial charge in [0.25, 0.3) is 0 Å². The van der Waals surface area contributed by atoms with Gasteiger partial charge in [0, 0.05) is 0 Å². The van der Waals surface area contributed by atoms with Crippen molar-refractivity contribution in [3.05, 3.63) is 35.9 Å². The SMILES string of the molecule is O=C(OCc1ccccc1)C1CCN(C2(C(F)(F)F)CC2)CC1. The molecule has 2 fully saturated rings. The fraction of sp³-hybridized carbons (Fsp3) is 0.588. The van der Waals surface area contributed by atoms with Gasteiger partial charge in [0.1, 0.15) is 12.1 Å². The van der Waals surface area contributed by atoms with Crippen molar-refractivity contribution in [2.45, 2.75) is 44.0 Å². The number of benzene rings is 1. The van der Waals surface area contributed by atoms with Crippen LogP contribution < -0.4 is 0 Å². The maximum absolute atomic E-state index is 13.1. The lowest BCUT2D eigenvalue weighted by Crippen LogP contribution is -2.52. The van der Waals surface area contributed by atoms with Crippen LogP contribution >= 0.6 is 0 Å². The molecule has 3 rings (SSSR count). The molecule has 0 amide bonds. The van der Waals surface area contributed by atoms with Crippen molar-refractivity contribution in [3.8, 4) is 0 Å². The summed E-state index contributed by atoms with van der Waals surface area (Å²) in [5.74, 6) is -0.593. The first-order chi connectivity index (χ1) is 10.9. The lowest BCUT2D eigenvalue weighted by molar-refractivity contribution is -0.200. The zero-order valence-corrected chi connectivity index (χ0v) is 12.8. The summed E-state index contributed by atoms with van der Waals surface area (Å²) in [5, 5.41) is 0. The minimum absolute atomic E-state index is 0.180. The molecule has 0 unspecified atom stereocenters. The molecule has 1 aliphatic carbocycles. The first-order valence-electron chi connectivity index (χ1n) is 7.95. The van der Waals surface area contributed by atoms with E-state index in [4.69, 9.17) is 4.74 Å². The van der Waals surface area contributed by atoms with Gasteiger partial charge in [-0.1, -0.05) is 30.3 Å². The molecule has 0 aromatic heterocycles. The molecule has 1 aromatic carbocycles. The van der Waals surface area contributed by atoms with Gasteiger partial charge in [-0.2, -0.15) is 13.2 Å². The fourth-order valence-corrected chi connectivity index (χ4v) is 3.29. The Balaban J connectivity index is 1.48. The molecule has 0 spiro atoms. The number of esters is 1. The minimum Gasteiger partial charge on any atom is -0.461 e. The number of piperidine rings is 1. The number of halogens is 3. The highest BCUT2D eigenvalue weighted by atomic mass is 19.4. The van der Waals surface area contributed by atoms with Crippen molar-refractivity contribution in [1.29, 1.82) is 0 Å². The Morgan fingerprint density at radius 2 is 1.78 bits per heavy atom. The van der Waals surface area contributed by atoms with Gasteiger partial charge in [-0.15, -0.1) is 0 Å². The van der Waals surface area contributed by atoms with E-state index < -0.39 is 11.7 Å². The van der Waals surface area contributed by atoms with Gasteiger partial charge in [0.05, 0.1) is 5.92 Å². The molecule has 0 bridgehead atoms. The van der Waals surface area contributed by atoms with Crippen LogP contribution in [0.25, 0.3) is 0 Å². The minimum atomic E-state index is -4.17. The Bertz CT molecular complexity index is 547. The van der Waals surface area contributed by atoms with E-state index in [1.165, 1.54) is 4.90 Å². The average molecular weight is 327 g/mol. The van der Waals surface area contributed by atoms with Crippen LogP contribution in [-0.4, -0.2) is 35.7 Å². The summed E-state index contributed by atoms with van der Waals surface area (Å²) < 4.78 is 44.6. The van der Waals surface area contributed by atoms with Gasteiger partial charge >= 0.3 is 12.1 Å². The smallest absolute Gasteiger partial charge is 0.406 e. The molecule has 0 atom stereocenters.